The third kappa shape index (κ3) is 2.43. The van der Waals surface area contributed by atoms with E-state index in [4.69, 9.17) is 5.73 Å². The number of nitrogens with two attached hydrogens (primary N) is 1. The van der Waals surface area contributed by atoms with E-state index < -0.39 is 0 Å². The van der Waals surface area contributed by atoms with Crippen LogP contribution in [0.2, 0.25) is 0 Å². The Morgan fingerprint density at radius 1 is 1.50 bits per heavy atom. The Balaban J connectivity index is 2.17. The summed E-state index contributed by atoms with van der Waals surface area (Å²) < 4.78 is 21.1. The molecule has 1 heterocycles. The maximum Gasteiger partial charge on any atom is 0.123 e. The minimum atomic E-state index is -0.232. The molecule has 0 fully saturated rings. The van der Waals surface area contributed by atoms with Crippen LogP contribution in [0.25, 0.3) is 0 Å². The number of nitrogens with zero attached hydrogens (tertiary/aromatic N) is 2. The molecule has 0 spiro atoms. The van der Waals surface area contributed by atoms with Crippen molar-refractivity contribution in [3.63, 3.8) is 0 Å². The maximum absolute atomic E-state index is 13.1. The molecular weight excluding hydrogens is 225 g/mol. The monoisotopic (exact) mass is 237 g/mol. The van der Waals surface area contributed by atoms with Gasteiger partial charge in [-0.25, -0.2) is 4.39 Å². The summed E-state index contributed by atoms with van der Waals surface area (Å²) in [7, 11) is 0. The normalized spacial score (nSPS) is 12.7. The van der Waals surface area contributed by atoms with E-state index in [1.165, 1.54) is 12.1 Å². The first kappa shape index (κ1) is 11.2. The third-order valence-electron chi connectivity index (χ3n) is 2.51. The summed E-state index contributed by atoms with van der Waals surface area (Å²) in [5.41, 5.74) is 8.69. The number of halogens is 1. The highest BCUT2D eigenvalue weighted by Crippen LogP contribution is 2.18. The molecule has 5 heteroatoms. The van der Waals surface area contributed by atoms with Gasteiger partial charge in [0.2, 0.25) is 0 Å². The van der Waals surface area contributed by atoms with Crippen LogP contribution in [0.1, 0.15) is 22.9 Å². The molecule has 0 amide bonds. The Labute approximate surface area is 97.5 Å². The molecule has 1 atom stereocenters. The van der Waals surface area contributed by atoms with Gasteiger partial charge in [-0.1, -0.05) is 6.07 Å². The van der Waals surface area contributed by atoms with E-state index in [1.807, 2.05) is 6.92 Å². The zero-order valence-corrected chi connectivity index (χ0v) is 9.67. The first-order chi connectivity index (χ1) is 7.66. The molecule has 0 aliphatic heterocycles. The number of rotatable bonds is 3. The number of aromatic nitrogens is 2. The average Bonchev–Trinajstić information content (AvgIpc) is 2.76. The second-order valence-corrected chi connectivity index (χ2v) is 4.27. The lowest BCUT2D eigenvalue weighted by molar-refractivity contribution is 0.620. The fourth-order valence-electron chi connectivity index (χ4n) is 1.54. The Bertz CT molecular complexity index is 470. The van der Waals surface area contributed by atoms with Crippen molar-refractivity contribution < 1.29 is 4.39 Å². The highest BCUT2D eigenvalue weighted by Gasteiger charge is 2.11. The zero-order chi connectivity index (χ0) is 11.5. The van der Waals surface area contributed by atoms with Gasteiger partial charge in [0, 0.05) is 0 Å². The Hall–Kier alpha value is -1.33. The minimum absolute atomic E-state index is 0.223. The van der Waals surface area contributed by atoms with Gasteiger partial charge in [-0.05, 0) is 36.6 Å². The second kappa shape index (κ2) is 4.67. The lowest BCUT2D eigenvalue weighted by Gasteiger charge is -2.10. The van der Waals surface area contributed by atoms with Crippen LogP contribution in [-0.4, -0.2) is 8.75 Å². The van der Waals surface area contributed by atoms with Crippen LogP contribution in [0.5, 0.6) is 0 Å². The van der Waals surface area contributed by atoms with Crippen LogP contribution in [0.15, 0.2) is 24.4 Å². The van der Waals surface area contributed by atoms with Gasteiger partial charge >= 0.3 is 0 Å². The van der Waals surface area contributed by atoms with Gasteiger partial charge in [-0.2, -0.15) is 8.75 Å². The van der Waals surface area contributed by atoms with Crippen molar-refractivity contribution in [1.29, 1.82) is 0 Å². The SMILES string of the molecule is Cc1ccc(F)cc1CC(N)c1cnsn1. The van der Waals surface area contributed by atoms with Crippen LogP contribution in [0.3, 0.4) is 0 Å². The number of hydrogen-bond donors (Lipinski definition) is 1. The summed E-state index contributed by atoms with van der Waals surface area (Å²) in [4.78, 5) is 0. The van der Waals surface area contributed by atoms with Gasteiger partial charge < -0.3 is 5.73 Å². The molecule has 16 heavy (non-hydrogen) atoms. The van der Waals surface area contributed by atoms with Crippen LogP contribution in [0, 0.1) is 12.7 Å². The fourth-order valence-corrected chi connectivity index (χ4v) is 2.02. The average molecular weight is 237 g/mol. The molecule has 1 aromatic carbocycles. The van der Waals surface area contributed by atoms with Crippen molar-refractivity contribution >= 4 is 11.7 Å². The molecule has 0 aliphatic rings. The number of aryl methyl sites for hydroxylation is 1. The van der Waals surface area contributed by atoms with Crippen LogP contribution in [0.4, 0.5) is 4.39 Å². The minimum Gasteiger partial charge on any atom is -0.322 e. The molecule has 0 saturated carbocycles. The standard InChI is InChI=1S/C11H12FN3S/c1-7-2-3-9(12)4-8(7)5-10(13)11-6-14-16-15-11/h2-4,6,10H,5,13H2,1H3. The molecular formula is C11H12FN3S. The second-order valence-electron chi connectivity index (χ2n) is 3.71. The Morgan fingerprint density at radius 3 is 3.00 bits per heavy atom. The molecule has 0 bridgehead atoms. The van der Waals surface area contributed by atoms with Crippen molar-refractivity contribution in [2.24, 2.45) is 5.73 Å². The topological polar surface area (TPSA) is 51.8 Å². The van der Waals surface area contributed by atoms with Crippen molar-refractivity contribution in [3.05, 3.63) is 47.0 Å². The lowest BCUT2D eigenvalue weighted by Crippen LogP contribution is -2.14. The molecule has 2 rings (SSSR count). The predicted molar refractivity (Wildman–Crippen MR) is 61.7 cm³/mol. The molecule has 3 nitrogen and oxygen atoms in total. The Kier molecular flexibility index (Phi) is 3.26. The van der Waals surface area contributed by atoms with Gasteiger partial charge in [0.25, 0.3) is 0 Å². The molecule has 0 radical (unpaired) electrons. The molecule has 0 saturated heterocycles. The summed E-state index contributed by atoms with van der Waals surface area (Å²) in [5.74, 6) is -0.232. The fraction of sp³-hybridized carbons (Fsp3) is 0.273. The van der Waals surface area contributed by atoms with Crippen LogP contribution in [-0.2, 0) is 6.42 Å². The molecule has 0 aliphatic carbocycles. The maximum atomic E-state index is 13.1. The molecule has 84 valence electrons. The molecule has 2 N–H and O–H groups in total. The summed E-state index contributed by atoms with van der Waals surface area (Å²) in [6.45, 7) is 1.95. The summed E-state index contributed by atoms with van der Waals surface area (Å²) in [6.07, 6.45) is 2.24. The zero-order valence-electron chi connectivity index (χ0n) is 8.85. The van der Waals surface area contributed by atoms with Crippen LogP contribution < -0.4 is 5.73 Å². The van der Waals surface area contributed by atoms with Crippen molar-refractivity contribution in [2.45, 2.75) is 19.4 Å². The largest absolute Gasteiger partial charge is 0.322 e. The van der Waals surface area contributed by atoms with E-state index in [9.17, 15) is 4.39 Å². The van der Waals surface area contributed by atoms with Crippen molar-refractivity contribution in [1.82, 2.24) is 8.75 Å². The highest BCUT2D eigenvalue weighted by atomic mass is 32.1. The third-order valence-corrected chi connectivity index (χ3v) is 3.00. The number of benzene rings is 1. The van der Waals surface area contributed by atoms with E-state index >= 15 is 0 Å². The van der Waals surface area contributed by atoms with E-state index in [2.05, 4.69) is 8.75 Å². The van der Waals surface area contributed by atoms with Crippen LogP contribution >= 0.6 is 11.7 Å². The summed E-state index contributed by atoms with van der Waals surface area (Å²) in [6, 6.07) is 4.51. The Morgan fingerprint density at radius 2 is 2.31 bits per heavy atom. The van der Waals surface area contributed by atoms with Crippen molar-refractivity contribution in [2.75, 3.05) is 0 Å². The quantitative estimate of drug-likeness (QED) is 0.890. The smallest absolute Gasteiger partial charge is 0.123 e. The van der Waals surface area contributed by atoms with E-state index in [0.29, 0.717) is 6.42 Å². The van der Waals surface area contributed by atoms with Gasteiger partial charge in [0.05, 0.1) is 29.7 Å². The predicted octanol–water partition coefficient (Wildman–Crippen LogP) is 2.23. The van der Waals surface area contributed by atoms with Gasteiger partial charge in [-0.15, -0.1) is 0 Å². The lowest BCUT2D eigenvalue weighted by atomic mass is 10.00. The molecule has 1 aromatic heterocycles. The molecule has 1 unspecified atom stereocenters. The summed E-state index contributed by atoms with van der Waals surface area (Å²) in [5, 5.41) is 0. The van der Waals surface area contributed by atoms with E-state index in [0.717, 1.165) is 28.5 Å². The van der Waals surface area contributed by atoms with E-state index in [-0.39, 0.29) is 11.9 Å². The van der Waals surface area contributed by atoms with Gasteiger partial charge in [-0.3, -0.25) is 0 Å². The first-order valence-corrected chi connectivity index (χ1v) is 5.68. The molecule has 2 aromatic rings. The highest BCUT2D eigenvalue weighted by molar-refractivity contribution is 6.99. The number of hydrogen-bond acceptors (Lipinski definition) is 4. The van der Waals surface area contributed by atoms with Gasteiger partial charge in [0.15, 0.2) is 0 Å². The van der Waals surface area contributed by atoms with Crippen molar-refractivity contribution in [3.8, 4) is 0 Å². The van der Waals surface area contributed by atoms with E-state index in [1.54, 1.807) is 12.3 Å². The summed E-state index contributed by atoms with van der Waals surface area (Å²) >= 11 is 1.13. The first-order valence-electron chi connectivity index (χ1n) is 4.95. The van der Waals surface area contributed by atoms with Gasteiger partial charge in [0.1, 0.15) is 5.82 Å².